The maximum absolute atomic E-state index is 11.9. The molecular formula is C16H27N5O2. The zero-order valence-electron chi connectivity index (χ0n) is 14.2. The highest BCUT2D eigenvalue weighted by molar-refractivity contribution is 5.90. The zero-order chi connectivity index (χ0) is 16.9. The smallest absolute Gasteiger partial charge is 0.227 e. The van der Waals surface area contributed by atoms with Crippen LogP contribution in [0.5, 0.6) is 0 Å². The van der Waals surface area contributed by atoms with E-state index in [9.17, 15) is 4.79 Å². The van der Waals surface area contributed by atoms with Gasteiger partial charge in [0.05, 0.1) is 0 Å². The van der Waals surface area contributed by atoms with E-state index in [0.29, 0.717) is 37.9 Å². The number of amides is 1. The molecular weight excluding hydrogens is 294 g/mol. The SMILES string of the molecule is CCNC(=NCCCOC)NCCC(=O)Nc1cccc(C)n1. The highest BCUT2D eigenvalue weighted by Gasteiger charge is 2.04. The molecule has 3 N–H and O–H groups in total. The summed E-state index contributed by atoms with van der Waals surface area (Å²) in [5.74, 6) is 1.21. The van der Waals surface area contributed by atoms with Gasteiger partial charge in [0.2, 0.25) is 5.91 Å². The van der Waals surface area contributed by atoms with Crippen molar-refractivity contribution >= 4 is 17.7 Å². The molecule has 0 atom stereocenters. The number of nitrogens with zero attached hydrogens (tertiary/aromatic N) is 2. The van der Waals surface area contributed by atoms with Crippen molar-refractivity contribution < 1.29 is 9.53 Å². The van der Waals surface area contributed by atoms with Crippen molar-refractivity contribution in [3.8, 4) is 0 Å². The van der Waals surface area contributed by atoms with Crippen LogP contribution in [0.15, 0.2) is 23.2 Å². The summed E-state index contributed by atoms with van der Waals surface area (Å²) >= 11 is 0. The zero-order valence-corrected chi connectivity index (χ0v) is 14.2. The third-order valence-electron chi connectivity index (χ3n) is 2.92. The van der Waals surface area contributed by atoms with Gasteiger partial charge in [-0.3, -0.25) is 9.79 Å². The minimum atomic E-state index is -0.0779. The number of hydrogen-bond acceptors (Lipinski definition) is 4. The van der Waals surface area contributed by atoms with Gasteiger partial charge in [-0.1, -0.05) is 6.07 Å². The Morgan fingerprint density at radius 1 is 1.35 bits per heavy atom. The van der Waals surface area contributed by atoms with Crippen molar-refractivity contribution in [2.45, 2.75) is 26.7 Å². The summed E-state index contributed by atoms with van der Waals surface area (Å²) in [7, 11) is 1.68. The summed E-state index contributed by atoms with van der Waals surface area (Å²) in [5, 5.41) is 9.07. The number of anilines is 1. The molecule has 0 bridgehead atoms. The number of ether oxygens (including phenoxy) is 1. The van der Waals surface area contributed by atoms with Crippen LogP contribution >= 0.6 is 0 Å². The fourth-order valence-electron chi connectivity index (χ4n) is 1.85. The van der Waals surface area contributed by atoms with Gasteiger partial charge in [-0.25, -0.2) is 4.98 Å². The summed E-state index contributed by atoms with van der Waals surface area (Å²) in [6, 6.07) is 5.53. The van der Waals surface area contributed by atoms with Gasteiger partial charge in [0, 0.05) is 45.5 Å². The molecule has 1 aromatic heterocycles. The second-order valence-corrected chi connectivity index (χ2v) is 5.00. The molecule has 0 saturated heterocycles. The Balaban J connectivity index is 2.32. The summed E-state index contributed by atoms with van der Waals surface area (Å²) in [5.41, 5.74) is 0.874. The Morgan fingerprint density at radius 3 is 2.87 bits per heavy atom. The first-order valence-electron chi connectivity index (χ1n) is 7.90. The monoisotopic (exact) mass is 321 g/mol. The molecule has 7 nitrogen and oxygen atoms in total. The lowest BCUT2D eigenvalue weighted by Gasteiger charge is -2.11. The van der Waals surface area contributed by atoms with Crippen molar-refractivity contribution in [2.75, 3.05) is 38.7 Å². The molecule has 0 unspecified atom stereocenters. The van der Waals surface area contributed by atoms with Gasteiger partial charge >= 0.3 is 0 Å². The molecule has 0 fully saturated rings. The quantitative estimate of drug-likeness (QED) is 0.363. The Kier molecular flexibility index (Phi) is 9.38. The largest absolute Gasteiger partial charge is 0.385 e. The maximum atomic E-state index is 11.9. The molecule has 1 amide bonds. The number of guanidine groups is 1. The molecule has 0 aliphatic carbocycles. The Hall–Kier alpha value is -2.15. The van der Waals surface area contributed by atoms with Crippen LogP contribution in [0.25, 0.3) is 0 Å². The number of pyridine rings is 1. The van der Waals surface area contributed by atoms with Crippen molar-refractivity contribution in [3.05, 3.63) is 23.9 Å². The normalized spacial score (nSPS) is 11.2. The molecule has 1 heterocycles. The Labute approximate surface area is 137 Å². The summed E-state index contributed by atoms with van der Waals surface area (Å²) < 4.78 is 4.99. The summed E-state index contributed by atoms with van der Waals surface area (Å²) in [4.78, 5) is 20.6. The fourth-order valence-corrected chi connectivity index (χ4v) is 1.85. The third kappa shape index (κ3) is 8.77. The molecule has 23 heavy (non-hydrogen) atoms. The van der Waals surface area contributed by atoms with E-state index in [2.05, 4.69) is 25.9 Å². The van der Waals surface area contributed by atoms with E-state index < -0.39 is 0 Å². The van der Waals surface area contributed by atoms with Crippen LogP contribution in [0, 0.1) is 6.92 Å². The molecule has 1 aromatic rings. The first-order valence-corrected chi connectivity index (χ1v) is 7.90. The van der Waals surface area contributed by atoms with Crippen LogP contribution in [0.1, 0.15) is 25.5 Å². The highest BCUT2D eigenvalue weighted by Crippen LogP contribution is 2.03. The molecule has 0 aliphatic heterocycles. The van der Waals surface area contributed by atoms with Crippen LogP contribution in [0.4, 0.5) is 5.82 Å². The summed E-state index contributed by atoms with van der Waals surface area (Å²) in [6.07, 6.45) is 1.21. The van der Waals surface area contributed by atoms with E-state index in [1.54, 1.807) is 13.2 Å². The van der Waals surface area contributed by atoms with E-state index in [0.717, 1.165) is 18.7 Å². The van der Waals surface area contributed by atoms with Gasteiger partial charge in [0.25, 0.3) is 0 Å². The first-order chi connectivity index (χ1) is 11.2. The van der Waals surface area contributed by atoms with E-state index in [4.69, 9.17) is 4.74 Å². The first kappa shape index (κ1) is 18.9. The lowest BCUT2D eigenvalue weighted by Crippen LogP contribution is -2.38. The van der Waals surface area contributed by atoms with Gasteiger partial charge < -0.3 is 20.7 Å². The second-order valence-electron chi connectivity index (χ2n) is 5.00. The number of carbonyl (C=O) groups excluding carboxylic acids is 1. The highest BCUT2D eigenvalue weighted by atomic mass is 16.5. The number of aromatic nitrogens is 1. The number of hydrogen-bond donors (Lipinski definition) is 3. The molecule has 0 radical (unpaired) electrons. The third-order valence-corrected chi connectivity index (χ3v) is 2.92. The van der Waals surface area contributed by atoms with Crippen LogP contribution in [-0.4, -0.2) is 50.2 Å². The second kappa shape index (κ2) is 11.4. The minimum Gasteiger partial charge on any atom is -0.385 e. The fraction of sp³-hybridized carbons (Fsp3) is 0.562. The predicted molar refractivity (Wildman–Crippen MR) is 92.7 cm³/mol. The van der Waals surface area contributed by atoms with Crippen LogP contribution < -0.4 is 16.0 Å². The van der Waals surface area contributed by atoms with Gasteiger partial charge in [0.1, 0.15) is 5.82 Å². The molecule has 128 valence electrons. The average Bonchev–Trinajstić information content (AvgIpc) is 2.51. The number of carbonyl (C=O) groups is 1. The van der Waals surface area contributed by atoms with Crippen LogP contribution in [0.2, 0.25) is 0 Å². The van der Waals surface area contributed by atoms with E-state index in [1.807, 2.05) is 26.0 Å². The van der Waals surface area contributed by atoms with Gasteiger partial charge in [-0.15, -0.1) is 0 Å². The Bertz CT molecular complexity index is 505. The van der Waals surface area contributed by atoms with Gasteiger partial charge in [-0.05, 0) is 32.4 Å². The van der Waals surface area contributed by atoms with E-state index in [1.165, 1.54) is 0 Å². The van der Waals surface area contributed by atoms with Gasteiger partial charge in [0.15, 0.2) is 5.96 Å². The van der Waals surface area contributed by atoms with E-state index in [-0.39, 0.29) is 5.91 Å². The van der Waals surface area contributed by atoms with Crippen molar-refractivity contribution in [1.82, 2.24) is 15.6 Å². The van der Waals surface area contributed by atoms with Crippen LogP contribution in [0.3, 0.4) is 0 Å². The molecule has 0 saturated carbocycles. The minimum absolute atomic E-state index is 0.0779. The lowest BCUT2D eigenvalue weighted by atomic mass is 10.3. The van der Waals surface area contributed by atoms with E-state index >= 15 is 0 Å². The predicted octanol–water partition coefficient (Wildman–Crippen LogP) is 1.31. The molecule has 0 aromatic carbocycles. The van der Waals surface area contributed by atoms with Crippen molar-refractivity contribution in [2.24, 2.45) is 4.99 Å². The van der Waals surface area contributed by atoms with Gasteiger partial charge in [-0.2, -0.15) is 0 Å². The standard InChI is InChI=1S/C16H27N5O2/c1-4-17-16(18-10-6-12-23-3)19-11-9-15(22)21-14-8-5-7-13(2)20-14/h5,7-8H,4,6,9-12H2,1-3H3,(H2,17,18,19)(H,20,21,22). The lowest BCUT2D eigenvalue weighted by molar-refractivity contribution is -0.116. The number of methoxy groups -OCH3 is 1. The maximum Gasteiger partial charge on any atom is 0.227 e. The number of aryl methyl sites for hydroxylation is 1. The van der Waals surface area contributed by atoms with Crippen molar-refractivity contribution in [1.29, 1.82) is 0 Å². The van der Waals surface area contributed by atoms with Crippen LogP contribution in [-0.2, 0) is 9.53 Å². The molecule has 1 rings (SSSR count). The molecule has 0 aliphatic rings. The number of rotatable bonds is 9. The topological polar surface area (TPSA) is 87.6 Å². The Morgan fingerprint density at radius 2 is 2.17 bits per heavy atom. The summed E-state index contributed by atoms with van der Waals surface area (Å²) in [6.45, 7) is 6.54. The number of aliphatic imine (C=N–C) groups is 1. The average molecular weight is 321 g/mol. The van der Waals surface area contributed by atoms with Crippen molar-refractivity contribution in [3.63, 3.8) is 0 Å². The molecule has 7 heteroatoms. The molecule has 0 spiro atoms. The number of nitrogens with one attached hydrogen (secondary N) is 3.